The van der Waals surface area contributed by atoms with Gasteiger partial charge in [-0.1, -0.05) is 0 Å². The van der Waals surface area contributed by atoms with Crippen LogP contribution in [0.2, 0.25) is 0 Å². The van der Waals surface area contributed by atoms with Crippen molar-refractivity contribution >= 4 is 17.4 Å². The van der Waals surface area contributed by atoms with Crippen molar-refractivity contribution in [3.63, 3.8) is 0 Å². The summed E-state index contributed by atoms with van der Waals surface area (Å²) in [5.41, 5.74) is 8.06. The summed E-state index contributed by atoms with van der Waals surface area (Å²) in [5.74, 6) is 0.842. The summed E-state index contributed by atoms with van der Waals surface area (Å²) >= 11 is 0. The van der Waals surface area contributed by atoms with E-state index in [2.05, 4.69) is 31.1 Å². The van der Waals surface area contributed by atoms with Gasteiger partial charge in [-0.05, 0) is 31.9 Å². The van der Waals surface area contributed by atoms with Crippen LogP contribution < -0.4 is 21.1 Å². The third kappa shape index (κ3) is 5.96. The lowest BCUT2D eigenvalue weighted by molar-refractivity contribution is -0.132. The maximum atomic E-state index is 12.7. The van der Waals surface area contributed by atoms with Gasteiger partial charge >= 0.3 is 0 Å². The summed E-state index contributed by atoms with van der Waals surface area (Å²) in [6.07, 6.45) is 5.49. The topological polar surface area (TPSA) is 144 Å². The predicted octanol–water partition coefficient (Wildman–Crippen LogP) is 0.397. The molecule has 2 atom stereocenters. The van der Waals surface area contributed by atoms with E-state index in [1.165, 1.54) is 0 Å². The summed E-state index contributed by atoms with van der Waals surface area (Å²) in [4.78, 5) is 35.1. The van der Waals surface area contributed by atoms with Crippen molar-refractivity contribution in [1.82, 2.24) is 20.1 Å². The highest BCUT2D eigenvalue weighted by atomic mass is 16.5. The van der Waals surface area contributed by atoms with Crippen LogP contribution in [0.3, 0.4) is 0 Å². The molecule has 4 heterocycles. The Morgan fingerprint density at radius 3 is 2.80 bits per heavy atom. The molecule has 11 heteroatoms. The van der Waals surface area contributed by atoms with Gasteiger partial charge < -0.3 is 25.2 Å². The molecular weight excluding hydrogens is 448 g/mol. The number of nitrogens with one attached hydrogen (secondary N) is 1. The van der Waals surface area contributed by atoms with E-state index >= 15 is 0 Å². The van der Waals surface area contributed by atoms with Crippen LogP contribution >= 0.6 is 0 Å². The molecule has 2 aromatic heterocycles. The molecule has 2 fully saturated rings. The number of anilines is 2. The van der Waals surface area contributed by atoms with Gasteiger partial charge in [0.2, 0.25) is 5.91 Å². The first-order valence-corrected chi connectivity index (χ1v) is 12.0. The molecule has 0 spiro atoms. The minimum Gasteiger partial charge on any atom is -0.378 e. The second-order valence-corrected chi connectivity index (χ2v) is 9.09. The van der Waals surface area contributed by atoms with Gasteiger partial charge in [0.1, 0.15) is 11.9 Å². The monoisotopic (exact) mass is 480 g/mol. The molecule has 0 unspecified atom stereocenters. The van der Waals surface area contributed by atoms with Crippen LogP contribution in [0.1, 0.15) is 30.4 Å². The molecule has 0 aliphatic carbocycles. The van der Waals surface area contributed by atoms with Gasteiger partial charge in [0.05, 0.1) is 36.7 Å². The maximum absolute atomic E-state index is 12.7. The van der Waals surface area contributed by atoms with Gasteiger partial charge in [0.15, 0.2) is 0 Å². The quantitative estimate of drug-likeness (QED) is 0.548. The van der Waals surface area contributed by atoms with Crippen molar-refractivity contribution in [1.29, 1.82) is 5.26 Å². The Labute approximate surface area is 204 Å². The Bertz CT molecular complexity index is 1100. The van der Waals surface area contributed by atoms with E-state index in [0.29, 0.717) is 50.5 Å². The molecule has 2 aromatic rings. The zero-order chi connectivity index (χ0) is 24.8. The number of pyridine rings is 1. The Balaban J connectivity index is 1.19. The molecule has 2 aliphatic heterocycles. The van der Waals surface area contributed by atoms with Gasteiger partial charge in [0, 0.05) is 56.9 Å². The fourth-order valence-electron chi connectivity index (χ4n) is 4.66. The number of ether oxygens (including phenoxy) is 1. The van der Waals surface area contributed by atoms with Crippen LogP contribution in [-0.2, 0) is 9.53 Å². The molecule has 11 nitrogen and oxygen atoms in total. The van der Waals surface area contributed by atoms with Crippen molar-refractivity contribution in [2.24, 2.45) is 5.73 Å². The molecule has 0 aromatic carbocycles. The molecule has 186 valence electrons. The Kier molecular flexibility index (Phi) is 7.94. The van der Waals surface area contributed by atoms with E-state index in [1.54, 1.807) is 25.4 Å². The predicted molar refractivity (Wildman–Crippen MR) is 131 cm³/mol. The first-order chi connectivity index (χ1) is 17.0. The van der Waals surface area contributed by atoms with Crippen LogP contribution in [0, 0.1) is 18.3 Å². The van der Waals surface area contributed by atoms with E-state index in [-0.39, 0.29) is 30.0 Å². The summed E-state index contributed by atoms with van der Waals surface area (Å²) in [5, 5.41) is 15.3. The van der Waals surface area contributed by atoms with E-state index in [1.807, 2.05) is 11.0 Å². The second kappa shape index (κ2) is 11.3. The lowest BCUT2D eigenvalue weighted by Crippen LogP contribution is -2.50. The number of amides is 1. The lowest BCUT2D eigenvalue weighted by atomic mass is 10.2. The third-order valence-electron chi connectivity index (χ3n) is 6.68. The van der Waals surface area contributed by atoms with Gasteiger partial charge in [0.25, 0.3) is 5.56 Å². The number of nitrogens with zero attached hydrogens (tertiary/aromatic N) is 6. The molecule has 1 amide bonds. The van der Waals surface area contributed by atoms with Crippen LogP contribution in [0.5, 0.6) is 0 Å². The Hall–Kier alpha value is -3.49. The minimum absolute atomic E-state index is 0.0289. The van der Waals surface area contributed by atoms with E-state index < -0.39 is 0 Å². The molecule has 0 saturated carbocycles. The largest absolute Gasteiger partial charge is 0.378 e. The number of hydrogen-bond donors (Lipinski definition) is 2. The molecule has 35 heavy (non-hydrogen) atoms. The van der Waals surface area contributed by atoms with Crippen LogP contribution in [0.15, 0.2) is 29.3 Å². The number of nitriles is 1. The molecule has 0 bridgehead atoms. The van der Waals surface area contributed by atoms with Gasteiger partial charge in [-0.15, -0.1) is 0 Å². The van der Waals surface area contributed by atoms with Crippen molar-refractivity contribution in [3.8, 4) is 6.07 Å². The minimum atomic E-state index is -0.376. The van der Waals surface area contributed by atoms with E-state index in [0.717, 1.165) is 30.9 Å². The standard InChI is InChI=1S/C24H32N8O3/c1-17-21(14-28-29-24(17)34)32-6-2-3-20(32)16-35-15-19(26)11-23(33)31-9-7-30(8-10-31)22-5-4-18(12-25)13-27-22/h4-5,13-14,19-20H,2-3,6-11,15-16,26H2,1H3,(H,29,34)/t19-,20-/m0/s1. The van der Waals surface area contributed by atoms with Gasteiger partial charge in [-0.25, -0.2) is 10.1 Å². The van der Waals surface area contributed by atoms with Gasteiger partial charge in [-0.2, -0.15) is 10.4 Å². The normalized spacial score (nSPS) is 19.0. The molecule has 2 saturated heterocycles. The number of aromatic nitrogens is 3. The summed E-state index contributed by atoms with van der Waals surface area (Å²) < 4.78 is 5.90. The summed E-state index contributed by atoms with van der Waals surface area (Å²) in [7, 11) is 0. The van der Waals surface area contributed by atoms with Crippen molar-refractivity contribution in [2.75, 3.05) is 55.7 Å². The molecule has 2 aliphatic rings. The SMILES string of the molecule is Cc1c(N2CCC[C@H]2COC[C@@H](N)CC(=O)N2CCN(c3ccc(C#N)cn3)CC2)cn[nH]c1=O. The number of hydrogen-bond acceptors (Lipinski definition) is 9. The van der Waals surface area contributed by atoms with Crippen LogP contribution in [0.25, 0.3) is 0 Å². The number of nitrogens with two attached hydrogens (primary N) is 1. The van der Waals surface area contributed by atoms with Crippen molar-refractivity contribution in [2.45, 2.75) is 38.3 Å². The van der Waals surface area contributed by atoms with Gasteiger partial charge in [-0.3, -0.25) is 9.59 Å². The number of carbonyl (C=O) groups excluding carboxylic acids is 1. The van der Waals surface area contributed by atoms with Crippen LogP contribution in [-0.4, -0.2) is 84.0 Å². The average molecular weight is 481 g/mol. The third-order valence-corrected chi connectivity index (χ3v) is 6.68. The highest BCUT2D eigenvalue weighted by Crippen LogP contribution is 2.26. The first kappa shape index (κ1) is 24.6. The lowest BCUT2D eigenvalue weighted by Gasteiger charge is -2.35. The summed E-state index contributed by atoms with van der Waals surface area (Å²) in [6, 6.07) is 5.44. The number of H-pyrrole nitrogens is 1. The molecule has 0 radical (unpaired) electrons. The Morgan fingerprint density at radius 1 is 1.29 bits per heavy atom. The number of piperazine rings is 1. The second-order valence-electron chi connectivity index (χ2n) is 9.09. The van der Waals surface area contributed by atoms with E-state index in [4.69, 9.17) is 15.7 Å². The molecule has 3 N–H and O–H groups in total. The smallest absolute Gasteiger partial charge is 0.269 e. The highest BCUT2D eigenvalue weighted by molar-refractivity contribution is 5.77. The number of carbonyl (C=O) groups is 1. The average Bonchev–Trinajstić information content (AvgIpc) is 3.34. The summed E-state index contributed by atoms with van der Waals surface area (Å²) in [6.45, 7) is 6.03. The zero-order valence-corrected chi connectivity index (χ0v) is 20.0. The highest BCUT2D eigenvalue weighted by Gasteiger charge is 2.28. The number of rotatable bonds is 8. The maximum Gasteiger partial charge on any atom is 0.269 e. The molecular formula is C24H32N8O3. The fraction of sp³-hybridized carbons (Fsp3) is 0.542. The van der Waals surface area contributed by atoms with Crippen molar-refractivity contribution in [3.05, 3.63) is 46.0 Å². The van der Waals surface area contributed by atoms with E-state index in [9.17, 15) is 9.59 Å². The first-order valence-electron chi connectivity index (χ1n) is 12.0. The fourth-order valence-corrected chi connectivity index (χ4v) is 4.66. The molecule has 4 rings (SSSR count). The number of aromatic amines is 1. The Morgan fingerprint density at radius 2 is 2.09 bits per heavy atom. The zero-order valence-electron chi connectivity index (χ0n) is 20.0. The van der Waals surface area contributed by atoms with Crippen LogP contribution in [0.4, 0.5) is 11.5 Å². The van der Waals surface area contributed by atoms with Crippen molar-refractivity contribution < 1.29 is 9.53 Å².